The molecule has 1 amide bonds. The van der Waals surface area contributed by atoms with Crippen LogP contribution in [0.1, 0.15) is 19.3 Å². The van der Waals surface area contributed by atoms with E-state index in [-0.39, 0.29) is 37.8 Å². The summed E-state index contributed by atoms with van der Waals surface area (Å²) in [6, 6.07) is 1.61. The molecule has 2 N–H and O–H groups in total. The zero-order valence-electron chi connectivity index (χ0n) is 15.3. The van der Waals surface area contributed by atoms with E-state index in [1.54, 1.807) is 24.1 Å². The number of hydrogen-bond donors (Lipinski definition) is 2. The Kier molecular flexibility index (Phi) is 6.26. The normalized spacial score (nSPS) is 18.7. The zero-order chi connectivity index (χ0) is 20.1. The maximum Gasteiger partial charge on any atom is 0.229 e. The number of aryl methyl sites for hydroxylation is 1. The highest BCUT2D eigenvalue weighted by molar-refractivity contribution is 6.32. The summed E-state index contributed by atoms with van der Waals surface area (Å²) in [5, 5.41) is 19.1. The molecule has 28 heavy (non-hydrogen) atoms. The molecule has 0 radical (unpaired) electrons. The van der Waals surface area contributed by atoms with Crippen molar-refractivity contribution in [1.82, 2.24) is 24.6 Å². The maximum atomic E-state index is 13.9. The van der Waals surface area contributed by atoms with Gasteiger partial charge in [0.2, 0.25) is 11.9 Å². The molecule has 2 aromatic rings. The Balaban J connectivity index is 1.65. The first kappa shape index (κ1) is 19.8. The number of nitriles is 1. The van der Waals surface area contributed by atoms with E-state index >= 15 is 0 Å². The van der Waals surface area contributed by atoms with Crippen LogP contribution >= 0.6 is 11.6 Å². The van der Waals surface area contributed by atoms with Gasteiger partial charge in [-0.25, -0.2) is 9.37 Å². The second kappa shape index (κ2) is 8.84. The van der Waals surface area contributed by atoms with Gasteiger partial charge in [0.1, 0.15) is 11.2 Å². The first-order valence-electron chi connectivity index (χ1n) is 8.79. The van der Waals surface area contributed by atoms with Crippen LogP contribution in [-0.2, 0) is 11.8 Å². The molecule has 1 aliphatic heterocycles. The van der Waals surface area contributed by atoms with Crippen LogP contribution in [0.4, 0.5) is 21.8 Å². The fraction of sp³-hybridized carbons (Fsp3) is 0.471. The summed E-state index contributed by atoms with van der Waals surface area (Å²) in [6.07, 6.45) is 4.22. The highest BCUT2D eigenvalue weighted by atomic mass is 35.5. The summed E-state index contributed by atoms with van der Waals surface area (Å²) < 4.78 is 15.5. The molecule has 0 aliphatic carbocycles. The van der Waals surface area contributed by atoms with Gasteiger partial charge in [0, 0.05) is 39.1 Å². The number of carbonyl (C=O) groups excluding carboxylic acids is 1. The fourth-order valence-electron chi connectivity index (χ4n) is 3.05. The van der Waals surface area contributed by atoms with Gasteiger partial charge in [-0.1, -0.05) is 11.6 Å². The van der Waals surface area contributed by atoms with Crippen molar-refractivity contribution in [2.45, 2.75) is 31.5 Å². The van der Waals surface area contributed by atoms with Crippen molar-refractivity contribution in [3.05, 3.63) is 23.6 Å². The third kappa shape index (κ3) is 4.86. The van der Waals surface area contributed by atoms with Gasteiger partial charge in [0.15, 0.2) is 5.82 Å². The van der Waals surface area contributed by atoms with Gasteiger partial charge in [-0.2, -0.15) is 15.3 Å². The fourth-order valence-corrected chi connectivity index (χ4v) is 3.20. The lowest BCUT2D eigenvalue weighted by Crippen LogP contribution is -2.39. The Labute approximate surface area is 166 Å². The molecule has 0 spiro atoms. The van der Waals surface area contributed by atoms with Gasteiger partial charge in [0.05, 0.1) is 36.7 Å². The van der Waals surface area contributed by atoms with Crippen LogP contribution in [-0.4, -0.2) is 55.9 Å². The average Bonchev–Trinajstić information content (AvgIpc) is 3.25. The Morgan fingerprint density at radius 1 is 1.50 bits per heavy atom. The molecular weight excluding hydrogens is 387 g/mol. The minimum atomic E-state index is -1.08. The molecule has 2 atom stereocenters. The molecule has 2 aromatic heterocycles. The minimum Gasteiger partial charge on any atom is -0.367 e. The molecule has 148 valence electrons. The van der Waals surface area contributed by atoms with E-state index in [9.17, 15) is 9.18 Å². The number of hydrogen-bond acceptors (Lipinski definition) is 7. The van der Waals surface area contributed by atoms with Crippen LogP contribution in [0.5, 0.6) is 0 Å². The molecule has 1 fully saturated rings. The number of rotatable bonds is 7. The monoisotopic (exact) mass is 406 g/mol. The molecule has 3 heterocycles. The van der Waals surface area contributed by atoms with Crippen LogP contribution < -0.4 is 10.6 Å². The van der Waals surface area contributed by atoms with Gasteiger partial charge >= 0.3 is 0 Å². The SMILES string of the molecule is Cn1cc(Nc2ncc(Cl)c(NC[C@@H]3C[C@H](F)CN3C(=O)CCC#N)n2)cn1. The molecule has 3 rings (SSSR count). The molecule has 0 saturated carbocycles. The number of halogens is 2. The van der Waals surface area contributed by atoms with Crippen molar-refractivity contribution in [2.24, 2.45) is 7.05 Å². The molecule has 1 saturated heterocycles. The summed E-state index contributed by atoms with van der Waals surface area (Å²) in [6.45, 7) is 0.337. The first-order valence-corrected chi connectivity index (χ1v) is 9.16. The van der Waals surface area contributed by atoms with Crippen molar-refractivity contribution in [2.75, 3.05) is 23.7 Å². The van der Waals surface area contributed by atoms with E-state index < -0.39 is 6.17 Å². The lowest BCUT2D eigenvalue weighted by atomic mass is 10.2. The number of aromatic nitrogens is 4. The van der Waals surface area contributed by atoms with Gasteiger partial charge in [-0.3, -0.25) is 9.48 Å². The molecule has 0 bridgehead atoms. The van der Waals surface area contributed by atoms with Gasteiger partial charge in [-0.05, 0) is 0 Å². The zero-order valence-corrected chi connectivity index (χ0v) is 16.0. The molecule has 0 aromatic carbocycles. The second-order valence-electron chi connectivity index (χ2n) is 6.49. The Morgan fingerprint density at radius 2 is 2.32 bits per heavy atom. The number of nitrogens with one attached hydrogen (secondary N) is 2. The summed E-state index contributed by atoms with van der Waals surface area (Å²) in [5.74, 6) is 0.493. The summed E-state index contributed by atoms with van der Waals surface area (Å²) in [7, 11) is 1.80. The van der Waals surface area contributed by atoms with E-state index in [2.05, 4.69) is 25.7 Å². The highest BCUT2D eigenvalue weighted by Gasteiger charge is 2.34. The quantitative estimate of drug-likeness (QED) is 0.725. The highest BCUT2D eigenvalue weighted by Crippen LogP contribution is 2.25. The molecule has 9 nitrogen and oxygen atoms in total. The van der Waals surface area contributed by atoms with E-state index in [1.807, 2.05) is 6.07 Å². The Morgan fingerprint density at radius 3 is 3.04 bits per heavy atom. The average molecular weight is 407 g/mol. The van der Waals surface area contributed by atoms with E-state index in [4.69, 9.17) is 16.9 Å². The standard InChI is InChI=1S/C17H20ClFN8O/c1-26-10-12(6-23-26)24-17-22-8-14(18)16(25-17)21-7-13-5-11(19)9-27(13)15(28)3-2-4-20/h6,8,10-11,13H,2-3,5,7,9H2,1H3,(H2,21,22,24,25)/t11-,13-/m0/s1. The van der Waals surface area contributed by atoms with Crippen LogP contribution in [0.25, 0.3) is 0 Å². The number of likely N-dealkylation sites (tertiary alicyclic amines) is 1. The minimum absolute atomic E-state index is 0.0436. The number of nitrogens with zero attached hydrogens (tertiary/aromatic N) is 6. The predicted octanol–water partition coefficient (Wildman–Crippen LogP) is 2.26. The maximum absolute atomic E-state index is 13.9. The largest absolute Gasteiger partial charge is 0.367 e. The third-order valence-electron chi connectivity index (χ3n) is 4.34. The lowest BCUT2D eigenvalue weighted by Gasteiger charge is -2.24. The van der Waals surface area contributed by atoms with Gasteiger partial charge in [-0.15, -0.1) is 0 Å². The van der Waals surface area contributed by atoms with Crippen molar-refractivity contribution < 1.29 is 9.18 Å². The number of amides is 1. The van der Waals surface area contributed by atoms with E-state index in [0.717, 1.165) is 5.69 Å². The van der Waals surface area contributed by atoms with Crippen LogP contribution in [0.3, 0.4) is 0 Å². The Bertz CT molecular complexity index is 882. The van der Waals surface area contributed by atoms with Crippen molar-refractivity contribution in [3.63, 3.8) is 0 Å². The van der Waals surface area contributed by atoms with Gasteiger partial charge < -0.3 is 15.5 Å². The second-order valence-corrected chi connectivity index (χ2v) is 6.90. The van der Waals surface area contributed by atoms with Crippen molar-refractivity contribution in [3.8, 4) is 6.07 Å². The first-order chi connectivity index (χ1) is 13.5. The topological polar surface area (TPSA) is 112 Å². The predicted molar refractivity (Wildman–Crippen MR) is 102 cm³/mol. The van der Waals surface area contributed by atoms with Crippen LogP contribution in [0.2, 0.25) is 5.02 Å². The summed E-state index contributed by atoms with van der Waals surface area (Å²) in [4.78, 5) is 22.2. The number of alkyl halides is 1. The van der Waals surface area contributed by atoms with Crippen LogP contribution in [0, 0.1) is 11.3 Å². The number of carbonyl (C=O) groups is 1. The Hall–Kier alpha value is -2.93. The molecule has 11 heteroatoms. The smallest absolute Gasteiger partial charge is 0.229 e. The molecule has 1 aliphatic rings. The van der Waals surface area contributed by atoms with Gasteiger partial charge in [0.25, 0.3) is 0 Å². The third-order valence-corrected chi connectivity index (χ3v) is 4.62. The summed E-state index contributed by atoms with van der Waals surface area (Å²) in [5.41, 5.74) is 0.723. The molecule has 0 unspecified atom stereocenters. The van der Waals surface area contributed by atoms with Crippen molar-refractivity contribution in [1.29, 1.82) is 5.26 Å². The van der Waals surface area contributed by atoms with Crippen LogP contribution in [0.15, 0.2) is 18.6 Å². The summed E-state index contributed by atoms with van der Waals surface area (Å²) >= 11 is 6.16. The van der Waals surface area contributed by atoms with E-state index in [1.165, 1.54) is 11.1 Å². The number of anilines is 3. The molecular formula is C17H20ClFN8O. The van der Waals surface area contributed by atoms with E-state index in [0.29, 0.717) is 23.3 Å². The van der Waals surface area contributed by atoms with Crippen molar-refractivity contribution >= 4 is 35.0 Å². The lowest BCUT2D eigenvalue weighted by molar-refractivity contribution is -0.131.